The Balaban J connectivity index is 0.00000300. The van der Waals surface area contributed by atoms with Gasteiger partial charge in [0.1, 0.15) is 12.4 Å². The summed E-state index contributed by atoms with van der Waals surface area (Å²) in [6.45, 7) is 8.49. The summed E-state index contributed by atoms with van der Waals surface area (Å²) in [5.74, 6) is 2.07. The van der Waals surface area contributed by atoms with E-state index in [-0.39, 0.29) is 19.0 Å². The van der Waals surface area contributed by atoms with Gasteiger partial charge in [-0.1, -0.05) is 47.1 Å². The van der Waals surface area contributed by atoms with Crippen molar-refractivity contribution in [3.8, 4) is 5.75 Å². The van der Waals surface area contributed by atoms with Crippen molar-refractivity contribution in [2.45, 2.75) is 47.0 Å². The van der Waals surface area contributed by atoms with Gasteiger partial charge in [0.2, 0.25) is 5.89 Å². The van der Waals surface area contributed by atoms with Gasteiger partial charge in [0.25, 0.3) is 0 Å². The molecule has 29 heavy (non-hydrogen) atoms. The van der Waals surface area contributed by atoms with Gasteiger partial charge < -0.3 is 15.0 Å². The van der Waals surface area contributed by atoms with Crippen LogP contribution in [0.4, 0.5) is 0 Å². The molecule has 0 radical (unpaired) electrons. The number of aryl methyl sites for hydroxylation is 3. The third kappa shape index (κ3) is 6.29. The lowest BCUT2D eigenvalue weighted by molar-refractivity contribution is 0.295. The van der Waals surface area contributed by atoms with Gasteiger partial charge in [-0.05, 0) is 50.1 Å². The highest BCUT2D eigenvalue weighted by Crippen LogP contribution is 2.26. The zero-order valence-electron chi connectivity index (χ0n) is 17.4. The summed E-state index contributed by atoms with van der Waals surface area (Å²) in [6, 6.07) is 12.8. The molecule has 0 amide bonds. The smallest absolute Gasteiger partial charge is 0.240 e. The van der Waals surface area contributed by atoms with Crippen molar-refractivity contribution in [1.82, 2.24) is 15.0 Å². The zero-order valence-corrected chi connectivity index (χ0v) is 18.3. The molecule has 2 aromatic carbocycles. The Bertz CT molecular complexity index is 902. The molecule has 2 N–H and O–H groups in total. The normalized spacial score (nSPS) is 10.8. The van der Waals surface area contributed by atoms with E-state index in [0.717, 1.165) is 23.4 Å². The first-order chi connectivity index (χ1) is 13.4. The van der Waals surface area contributed by atoms with Crippen LogP contribution in [0.2, 0.25) is 0 Å². The second kappa shape index (κ2) is 10.4. The van der Waals surface area contributed by atoms with Crippen LogP contribution < -0.4 is 10.5 Å². The first-order valence-corrected chi connectivity index (χ1v) is 9.43. The lowest BCUT2D eigenvalue weighted by Crippen LogP contribution is -2.18. The first-order valence-electron chi connectivity index (χ1n) is 9.43. The lowest BCUT2D eigenvalue weighted by atomic mass is 10.1. The number of hydrogen-bond acceptors (Lipinski definition) is 6. The molecule has 0 aliphatic carbocycles. The highest BCUT2D eigenvalue weighted by atomic mass is 35.5. The standard InChI is InChI=1S/C22H28N4O2.ClH/c1-15-5-7-18(8-6-15)14-27-22-16(2)9-19(10-17(22)3)12-26(4)13-20-24-21(11-23)28-25-20;/h5-10H,11-14,23H2,1-4H3;1H. The van der Waals surface area contributed by atoms with Crippen molar-refractivity contribution in [3.05, 3.63) is 75.9 Å². The second-order valence-electron chi connectivity index (χ2n) is 7.31. The molecule has 1 heterocycles. The molecular weight excluding hydrogens is 388 g/mol. The van der Waals surface area contributed by atoms with Crippen LogP contribution in [0.25, 0.3) is 0 Å². The zero-order chi connectivity index (χ0) is 20.1. The number of rotatable bonds is 8. The van der Waals surface area contributed by atoms with Crippen molar-refractivity contribution in [2.24, 2.45) is 5.73 Å². The van der Waals surface area contributed by atoms with E-state index in [2.05, 4.69) is 72.2 Å². The fourth-order valence-corrected chi connectivity index (χ4v) is 3.24. The number of nitrogens with two attached hydrogens (primary N) is 1. The van der Waals surface area contributed by atoms with E-state index in [1.54, 1.807) is 0 Å². The highest BCUT2D eigenvalue weighted by molar-refractivity contribution is 5.85. The molecule has 0 aliphatic heterocycles. The maximum absolute atomic E-state index is 6.11. The van der Waals surface area contributed by atoms with Gasteiger partial charge in [0.05, 0.1) is 13.1 Å². The van der Waals surface area contributed by atoms with Crippen molar-refractivity contribution < 1.29 is 9.26 Å². The fourth-order valence-electron chi connectivity index (χ4n) is 3.24. The van der Waals surface area contributed by atoms with Crippen LogP contribution in [0.5, 0.6) is 5.75 Å². The van der Waals surface area contributed by atoms with Crippen molar-refractivity contribution >= 4 is 12.4 Å². The predicted octanol–water partition coefficient (Wildman–Crippen LogP) is 4.09. The number of hydrogen-bond donors (Lipinski definition) is 1. The number of aromatic nitrogens is 2. The summed E-state index contributed by atoms with van der Waals surface area (Å²) in [5.41, 5.74) is 11.4. The van der Waals surface area contributed by atoms with Crippen molar-refractivity contribution in [3.63, 3.8) is 0 Å². The highest BCUT2D eigenvalue weighted by Gasteiger charge is 2.11. The number of halogens is 1. The summed E-state index contributed by atoms with van der Waals surface area (Å²) < 4.78 is 11.2. The first kappa shape index (κ1) is 22.9. The summed E-state index contributed by atoms with van der Waals surface area (Å²) in [4.78, 5) is 6.40. The summed E-state index contributed by atoms with van der Waals surface area (Å²) in [6.07, 6.45) is 0. The monoisotopic (exact) mass is 416 g/mol. The Kier molecular flexibility index (Phi) is 8.20. The number of benzene rings is 2. The minimum absolute atomic E-state index is 0. The quantitative estimate of drug-likeness (QED) is 0.596. The average Bonchev–Trinajstić information content (AvgIpc) is 3.10. The molecule has 3 aromatic rings. The van der Waals surface area contributed by atoms with E-state index in [9.17, 15) is 0 Å². The summed E-state index contributed by atoms with van der Waals surface area (Å²) in [7, 11) is 2.03. The van der Waals surface area contributed by atoms with Crippen LogP contribution >= 0.6 is 12.4 Å². The molecule has 1 aromatic heterocycles. The van der Waals surface area contributed by atoms with Crippen LogP contribution in [0, 0.1) is 20.8 Å². The third-order valence-electron chi connectivity index (χ3n) is 4.57. The fraction of sp³-hybridized carbons (Fsp3) is 0.364. The molecule has 0 saturated carbocycles. The van der Waals surface area contributed by atoms with Crippen molar-refractivity contribution in [1.29, 1.82) is 0 Å². The van der Waals surface area contributed by atoms with Crippen LogP contribution in [0.3, 0.4) is 0 Å². The summed E-state index contributed by atoms with van der Waals surface area (Å²) >= 11 is 0. The van der Waals surface area contributed by atoms with Gasteiger partial charge in [0.15, 0.2) is 5.82 Å². The maximum Gasteiger partial charge on any atom is 0.240 e. The second-order valence-corrected chi connectivity index (χ2v) is 7.31. The van der Waals surface area contributed by atoms with Gasteiger partial charge in [-0.25, -0.2) is 0 Å². The molecule has 0 atom stereocenters. The minimum Gasteiger partial charge on any atom is -0.488 e. The molecule has 0 saturated heterocycles. The molecule has 0 aliphatic rings. The van der Waals surface area contributed by atoms with Gasteiger partial charge in [-0.3, -0.25) is 4.90 Å². The predicted molar refractivity (Wildman–Crippen MR) is 116 cm³/mol. The molecule has 3 rings (SSSR count). The Morgan fingerprint density at radius 3 is 2.24 bits per heavy atom. The van der Waals surface area contributed by atoms with Crippen LogP contribution in [0.15, 0.2) is 40.9 Å². The van der Waals surface area contributed by atoms with E-state index in [1.807, 2.05) is 7.05 Å². The Morgan fingerprint density at radius 2 is 1.66 bits per heavy atom. The largest absolute Gasteiger partial charge is 0.488 e. The van der Waals surface area contributed by atoms with Gasteiger partial charge in [-0.2, -0.15) is 4.98 Å². The van der Waals surface area contributed by atoms with E-state index >= 15 is 0 Å². The summed E-state index contributed by atoms with van der Waals surface area (Å²) in [5, 5.41) is 3.95. The van der Waals surface area contributed by atoms with Gasteiger partial charge in [0, 0.05) is 6.54 Å². The Labute approximate surface area is 178 Å². The van der Waals surface area contributed by atoms with Crippen molar-refractivity contribution in [2.75, 3.05) is 7.05 Å². The van der Waals surface area contributed by atoms with E-state index in [1.165, 1.54) is 16.7 Å². The molecule has 6 nitrogen and oxygen atoms in total. The Morgan fingerprint density at radius 1 is 1.00 bits per heavy atom. The van der Waals surface area contributed by atoms with E-state index in [0.29, 0.717) is 24.9 Å². The molecule has 0 spiro atoms. The number of nitrogens with zero attached hydrogens (tertiary/aromatic N) is 3. The van der Waals surface area contributed by atoms with Crippen LogP contribution in [-0.4, -0.2) is 22.1 Å². The van der Waals surface area contributed by atoms with Gasteiger partial charge >= 0.3 is 0 Å². The molecule has 7 heteroatoms. The third-order valence-corrected chi connectivity index (χ3v) is 4.57. The topological polar surface area (TPSA) is 77.4 Å². The molecule has 0 bridgehead atoms. The van der Waals surface area contributed by atoms with Crippen LogP contribution in [-0.2, 0) is 26.2 Å². The number of ether oxygens (including phenoxy) is 1. The molecular formula is C22H29ClN4O2. The maximum atomic E-state index is 6.11. The van der Waals surface area contributed by atoms with Gasteiger partial charge in [-0.15, -0.1) is 12.4 Å². The molecule has 0 fully saturated rings. The van der Waals surface area contributed by atoms with Crippen LogP contribution in [0.1, 0.15) is 39.5 Å². The molecule has 156 valence electrons. The van der Waals surface area contributed by atoms with E-state index in [4.69, 9.17) is 15.0 Å². The SMILES string of the molecule is Cc1ccc(COc2c(C)cc(CN(C)Cc3noc(CN)n3)cc2C)cc1.Cl. The van der Waals surface area contributed by atoms with E-state index < -0.39 is 0 Å². The Hall–Kier alpha value is -2.41. The lowest BCUT2D eigenvalue weighted by Gasteiger charge is -2.18. The molecule has 0 unspecified atom stereocenters. The minimum atomic E-state index is 0. The average molecular weight is 417 g/mol.